The van der Waals surface area contributed by atoms with Gasteiger partial charge in [0.25, 0.3) is 0 Å². The van der Waals surface area contributed by atoms with Crippen molar-refractivity contribution in [3.8, 4) is 0 Å². The summed E-state index contributed by atoms with van der Waals surface area (Å²) in [6.07, 6.45) is 2.34. The number of hydrogen-bond acceptors (Lipinski definition) is 2. The molecule has 0 fully saturated rings. The van der Waals surface area contributed by atoms with Crippen LogP contribution in [0.2, 0.25) is 0 Å². The molecule has 1 N–H and O–H groups in total. The summed E-state index contributed by atoms with van der Waals surface area (Å²) in [6.45, 7) is 0.440. The third-order valence-electron chi connectivity index (χ3n) is 1.12. The Hall–Kier alpha value is -0.710. The predicted molar refractivity (Wildman–Crippen MR) is 42.0 cm³/mol. The molecule has 0 aromatic carbocycles. The molecule has 0 saturated carbocycles. The van der Waals surface area contributed by atoms with Gasteiger partial charge in [0.15, 0.2) is 0 Å². The standard InChI is InChI=1S/C5H8N2O2.BrH/c1-6-2-3-7(4-6)5(8)9;/h2-3H,4H2,1H3,(H,8,9);1H. The zero-order chi connectivity index (χ0) is 6.85. The van der Waals surface area contributed by atoms with Gasteiger partial charge in [0, 0.05) is 19.4 Å². The first-order valence-electron chi connectivity index (χ1n) is 2.58. The lowest BCUT2D eigenvalue weighted by atomic mass is 10.8. The number of halogens is 1. The Labute approximate surface area is 69.5 Å². The number of nitrogens with zero attached hydrogens (tertiary/aromatic N) is 2. The molecule has 1 amide bonds. The Morgan fingerprint density at radius 3 is 2.40 bits per heavy atom. The summed E-state index contributed by atoms with van der Waals surface area (Å²) < 4.78 is 0. The molecule has 58 valence electrons. The van der Waals surface area contributed by atoms with Crippen molar-refractivity contribution in [3.63, 3.8) is 0 Å². The van der Waals surface area contributed by atoms with E-state index in [1.165, 1.54) is 11.1 Å². The van der Waals surface area contributed by atoms with Crippen molar-refractivity contribution in [1.82, 2.24) is 9.80 Å². The van der Waals surface area contributed by atoms with Gasteiger partial charge in [-0.05, 0) is 0 Å². The fourth-order valence-electron chi connectivity index (χ4n) is 0.653. The van der Waals surface area contributed by atoms with E-state index in [1.807, 2.05) is 7.05 Å². The van der Waals surface area contributed by atoms with Crippen LogP contribution in [-0.4, -0.2) is 34.7 Å². The highest BCUT2D eigenvalue weighted by atomic mass is 79.9. The molecule has 0 radical (unpaired) electrons. The van der Waals surface area contributed by atoms with Crippen molar-refractivity contribution in [2.24, 2.45) is 0 Å². The number of carbonyl (C=O) groups is 1. The first-order chi connectivity index (χ1) is 4.20. The van der Waals surface area contributed by atoms with Crippen LogP contribution in [0.15, 0.2) is 12.4 Å². The molecule has 0 spiro atoms. The van der Waals surface area contributed by atoms with Crippen LogP contribution in [0.3, 0.4) is 0 Å². The van der Waals surface area contributed by atoms with E-state index >= 15 is 0 Å². The van der Waals surface area contributed by atoms with Crippen molar-refractivity contribution < 1.29 is 9.90 Å². The quantitative estimate of drug-likeness (QED) is 0.645. The van der Waals surface area contributed by atoms with Crippen LogP contribution in [0.1, 0.15) is 0 Å². The lowest BCUT2D eigenvalue weighted by Crippen LogP contribution is -2.26. The Bertz CT molecular complexity index is 160. The van der Waals surface area contributed by atoms with Crippen LogP contribution in [-0.2, 0) is 0 Å². The van der Waals surface area contributed by atoms with Gasteiger partial charge in [-0.3, -0.25) is 4.90 Å². The summed E-state index contributed by atoms with van der Waals surface area (Å²) >= 11 is 0. The molecule has 0 aromatic rings. The maximum absolute atomic E-state index is 10.2. The van der Waals surface area contributed by atoms with Crippen LogP contribution in [0.25, 0.3) is 0 Å². The summed E-state index contributed by atoms with van der Waals surface area (Å²) in [6, 6.07) is 0. The van der Waals surface area contributed by atoms with E-state index in [4.69, 9.17) is 5.11 Å². The van der Waals surface area contributed by atoms with Gasteiger partial charge in [-0.15, -0.1) is 17.0 Å². The molecular formula is C5H9BrN2O2. The zero-order valence-corrected chi connectivity index (χ0v) is 7.23. The first kappa shape index (κ1) is 9.29. The van der Waals surface area contributed by atoms with Crippen molar-refractivity contribution in [3.05, 3.63) is 12.4 Å². The maximum atomic E-state index is 10.2. The van der Waals surface area contributed by atoms with Crippen LogP contribution in [0, 0.1) is 0 Å². The normalized spacial score (nSPS) is 15.3. The third-order valence-corrected chi connectivity index (χ3v) is 1.12. The molecule has 1 aliphatic rings. The monoisotopic (exact) mass is 208 g/mol. The molecule has 0 aromatic heterocycles. The van der Waals surface area contributed by atoms with Crippen molar-refractivity contribution in [2.45, 2.75) is 0 Å². The van der Waals surface area contributed by atoms with Crippen molar-refractivity contribution in [1.29, 1.82) is 0 Å². The second-order valence-corrected chi connectivity index (χ2v) is 1.95. The van der Waals surface area contributed by atoms with Crippen LogP contribution >= 0.6 is 17.0 Å². The minimum absolute atomic E-state index is 0. The summed E-state index contributed by atoms with van der Waals surface area (Å²) in [7, 11) is 1.82. The lowest BCUT2D eigenvalue weighted by molar-refractivity contribution is 0.156. The average molecular weight is 209 g/mol. The van der Waals surface area contributed by atoms with Crippen LogP contribution in [0.4, 0.5) is 4.79 Å². The SMILES string of the molecule is Br.CN1C=CN(C(=O)O)C1. The Balaban J connectivity index is 0.000000810. The third kappa shape index (κ3) is 1.91. The first-order valence-corrected chi connectivity index (χ1v) is 2.58. The van der Waals surface area contributed by atoms with Gasteiger partial charge in [0.1, 0.15) is 0 Å². The van der Waals surface area contributed by atoms with Gasteiger partial charge in [-0.25, -0.2) is 4.79 Å². The van der Waals surface area contributed by atoms with Crippen molar-refractivity contribution >= 4 is 23.1 Å². The molecule has 1 rings (SSSR count). The average Bonchev–Trinajstić information content (AvgIpc) is 2.14. The Kier molecular flexibility index (Phi) is 3.21. The summed E-state index contributed by atoms with van der Waals surface area (Å²) in [4.78, 5) is 13.2. The van der Waals surface area contributed by atoms with Crippen LogP contribution in [0.5, 0.6) is 0 Å². The van der Waals surface area contributed by atoms with E-state index in [0.29, 0.717) is 6.67 Å². The Morgan fingerprint density at radius 1 is 1.60 bits per heavy atom. The molecule has 10 heavy (non-hydrogen) atoms. The molecule has 0 unspecified atom stereocenters. The second kappa shape index (κ2) is 3.46. The molecule has 5 heteroatoms. The number of hydrogen-bond donors (Lipinski definition) is 1. The maximum Gasteiger partial charge on any atom is 0.412 e. The Morgan fingerprint density at radius 2 is 2.20 bits per heavy atom. The highest BCUT2D eigenvalue weighted by Crippen LogP contribution is 2.02. The molecule has 1 heterocycles. The zero-order valence-electron chi connectivity index (χ0n) is 5.52. The lowest BCUT2D eigenvalue weighted by Gasteiger charge is -2.11. The van der Waals surface area contributed by atoms with E-state index in [2.05, 4.69) is 0 Å². The number of amides is 1. The fourth-order valence-corrected chi connectivity index (χ4v) is 0.653. The fraction of sp³-hybridized carbons (Fsp3) is 0.400. The summed E-state index contributed by atoms with van der Waals surface area (Å²) in [5.74, 6) is 0. The molecular weight excluding hydrogens is 200 g/mol. The molecule has 0 bridgehead atoms. The van der Waals surface area contributed by atoms with E-state index < -0.39 is 6.09 Å². The van der Waals surface area contributed by atoms with Gasteiger partial charge >= 0.3 is 6.09 Å². The van der Waals surface area contributed by atoms with E-state index in [1.54, 1.807) is 11.1 Å². The van der Waals surface area contributed by atoms with Gasteiger partial charge in [-0.2, -0.15) is 0 Å². The molecule has 0 saturated heterocycles. The van der Waals surface area contributed by atoms with E-state index in [-0.39, 0.29) is 17.0 Å². The van der Waals surface area contributed by atoms with Crippen molar-refractivity contribution in [2.75, 3.05) is 13.7 Å². The summed E-state index contributed by atoms with van der Waals surface area (Å²) in [5, 5.41) is 8.38. The molecule has 0 atom stereocenters. The van der Waals surface area contributed by atoms with Gasteiger partial charge < -0.3 is 10.0 Å². The topological polar surface area (TPSA) is 43.8 Å². The van der Waals surface area contributed by atoms with E-state index in [0.717, 1.165) is 0 Å². The molecule has 1 aliphatic heterocycles. The van der Waals surface area contributed by atoms with Crippen LogP contribution < -0.4 is 0 Å². The molecule has 4 nitrogen and oxygen atoms in total. The minimum atomic E-state index is -0.907. The smallest absolute Gasteiger partial charge is 0.412 e. The highest BCUT2D eigenvalue weighted by molar-refractivity contribution is 8.93. The summed E-state index contributed by atoms with van der Waals surface area (Å²) in [5.41, 5.74) is 0. The number of rotatable bonds is 0. The molecule has 0 aliphatic carbocycles. The number of carboxylic acid groups (broad SMARTS) is 1. The second-order valence-electron chi connectivity index (χ2n) is 1.95. The van der Waals surface area contributed by atoms with Gasteiger partial charge in [0.05, 0.1) is 6.67 Å². The van der Waals surface area contributed by atoms with E-state index in [9.17, 15) is 4.79 Å². The minimum Gasteiger partial charge on any atom is -0.465 e. The van der Waals surface area contributed by atoms with Gasteiger partial charge in [0.2, 0.25) is 0 Å². The largest absolute Gasteiger partial charge is 0.465 e. The van der Waals surface area contributed by atoms with Gasteiger partial charge in [-0.1, -0.05) is 0 Å². The highest BCUT2D eigenvalue weighted by Gasteiger charge is 2.13. The predicted octanol–water partition coefficient (Wildman–Crippen LogP) is 0.918.